The molecule has 0 spiro atoms. The summed E-state index contributed by atoms with van der Waals surface area (Å²) in [7, 11) is 1.72. The van der Waals surface area contributed by atoms with Crippen molar-refractivity contribution in [3.8, 4) is 0 Å². The first kappa shape index (κ1) is 11.7. The minimum atomic E-state index is -0.341. The molecule has 0 aliphatic rings. The summed E-state index contributed by atoms with van der Waals surface area (Å²) in [5.41, 5.74) is 1.22. The third-order valence-electron chi connectivity index (χ3n) is 2.69. The van der Waals surface area contributed by atoms with E-state index in [1.807, 2.05) is 0 Å². The molecule has 1 nitrogen and oxygen atoms in total. The summed E-state index contributed by atoms with van der Waals surface area (Å²) in [5.74, 6) is -0.616. The molecule has 2 aromatic carbocycles. The van der Waals surface area contributed by atoms with Gasteiger partial charge in [-0.25, -0.2) is 8.78 Å². The lowest BCUT2D eigenvalue weighted by atomic mass is 9.98. The molecule has 0 saturated carbocycles. The van der Waals surface area contributed by atoms with Crippen LogP contribution in [0, 0.1) is 11.6 Å². The summed E-state index contributed by atoms with van der Waals surface area (Å²) in [5, 5.41) is 3.00. The molecule has 3 heteroatoms. The van der Waals surface area contributed by atoms with Crippen molar-refractivity contribution in [2.45, 2.75) is 6.04 Å². The highest BCUT2D eigenvalue weighted by atomic mass is 19.1. The van der Waals surface area contributed by atoms with Crippen LogP contribution in [0.25, 0.3) is 0 Å². The minimum absolute atomic E-state index is 0.295. The van der Waals surface area contributed by atoms with Gasteiger partial charge in [0.1, 0.15) is 11.6 Å². The quantitative estimate of drug-likeness (QED) is 0.857. The van der Waals surface area contributed by atoms with Gasteiger partial charge in [0.25, 0.3) is 0 Å². The maximum absolute atomic E-state index is 13.7. The molecule has 2 aromatic rings. The van der Waals surface area contributed by atoms with Gasteiger partial charge in [0.2, 0.25) is 0 Å². The molecule has 0 saturated heterocycles. The first-order chi connectivity index (χ1) is 8.22. The van der Waals surface area contributed by atoms with E-state index in [9.17, 15) is 8.78 Å². The van der Waals surface area contributed by atoms with Gasteiger partial charge in [-0.1, -0.05) is 30.3 Å². The summed E-state index contributed by atoms with van der Waals surface area (Å²) in [6.07, 6.45) is 0. The Morgan fingerprint density at radius 1 is 1.00 bits per heavy atom. The molecule has 1 N–H and O–H groups in total. The molecule has 0 radical (unpaired) electrons. The van der Waals surface area contributed by atoms with E-state index in [1.165, 1.54) is 18.2 Å². The lowest BCUT2D eigenvalue weighted by Crippen LogP contribution is -2.19. The topological polar surface area (TPSA) is 12.0 Å². The molecule has 1 atom stereocenters. The zero-order chi connectivity index (χ0) is 12.3. The van der Waals surface area contributed by atoms with Crippen LogP contribution < -0.4 is 5.32 Å². The summed E-state index contributed by atoms with van der Waals surface area (Å²) in [6, 6.07) is 12.3. The number of halogens is 2. The highest BCUT2D eigenvalue weighted by Crippen LogP contribution is 2.24. The molecule has 88 valence electrons. The maximum atomic E-state index is 13.7. The van der Waals surface area contributed by atoms with Gasteiger partial charge in [-0.2, -0.15) is 0 Å². The Morgan fingerprint density at radius 2 is 1.76 bits per heavy atom. The normalized spacial score (nSPS) is 12.4. The molecule has 0 aromatic heterocycles. The van der Waals surface area contributed by atoms with Crippen LogP contribution in [0.1, 0.15) is 17.2 Å². The van der Waals surface area contributed by atoms with Crippen LogP contribution in [-0.4, -0.2) is 7.05 Å². The third kappa shape index (κ3) is 2.50. The second kappa shape index (κ2) is 5.06. The first-order valence-corrected chi connectivity index (χ1v) is 5.39. The van der Waals surface area contributed by atoms with Gasteiger partial charge >= 0.3 is 0 Å². The van der Waals surface area contributed by atoms with E-state index in [1.54, 1.807) is 37.4 Å². The molecule has 0 bridgehead atoms. The number of rotatable bonds is 3. The Balaban J connectivity index is 2.44. The van der Waals surface area contributed by atoms with Gasteiger partial charge in [0.15, 0.2) is 0 Å². The zero-order valence-corrected chi connectivity index (χ0v) is 9.45. The van der Waals surface area contributed by atoms with Crippen LogP contribution in [0.5, 0.6) is 0 Å². The summed E-state index contributed by atoms with van der Waals surface area (Å²) < 4.78 is 26.8. The molecular weight excluding hydrogens is 220 g/mol. The second-order valence-corrected chi connectivity index (χ2v) is 3.80. The molecule has 0 fully saturated rings. The van der Waals surface area contributed by atoms with E-state index in [4.69, 9.17) is 0 Å². The van der Waals surface area contributed by atoms with E-state index >= 15 is 0 Å². The van der Waals surface area contributed by atoms with E-state index in [-0.39, 0.29) is 17.7 Å². The summed E-state index contributed by atoms with van der Waals surface area (Å²) in [6.45, 7) is 0. The zero-order valence-electron chi connectivity index (χ0n) is 9.45. The van der Waals surface area contributed by atoms with Gasteiger partial charge in [-0.05, 0) is 30.8 Å². The number of benzene rings is 2. The van der Waals surface area contributed by atoms with Gasteiger partial charge in [-0.15, -0.1) is 0 Å². The molecular formula is C14H13F2N. The summed E-state index contributed by atoms with van der Waals surface area (Å²) >= 11 is 0. The smallest absolute Gasteiger partial charge is 0.128 e. The molecule has 2 rings (SSSR count). The molecule has 1 unspecified atom stereocenters. The van der Waals surface area contributed by atoms with Crippen molar-refractivity contribution in [3.05, 3.63) is 71.3 Å². The van der Waals surface area contributed by atoms with Crippen molar-refractivity contribution in [2.24, 2.45) is 0 Å². The van der Waals surface area contributed by atoms with E-state index < -0.39 is 0 Å². The third-order valence-corrected chi connectivity index (χ3v) is 2.69. The molecule has 17 heavy (non-hydrogen) atoms. The largest absolute Gasteiger partial charge is 0.309 e. The highest BCUT2D eigenvalue weighted by molar-refractivity contribution is 5.32. The predicted octanol–water partition coefficient (Wildman–Crippen LogP) is 3.27. The van der Waals surface area contributed by atoms with E-state index in [0.717, 1.165) is 0 Å². The fraction of sp³-hybridized carbons (Fsp3) is 0.143. The van der Waals surface area contributed by atoms with Crippen LogP contribution in [0.2, 0.25) is 0 Å². The minimum Gasteiger partial charge on any atom is -0.309 e. The fourth-order valence-electron chi connectivity index (χ4n) is 1.90. The van der Waals surface area contributed by atoms with Crippen LogP contribution in [0.15, 0.2) is 48.5 Å². The van der Waals surface area contributed by atoms with Gasteiger partial charge in [0, 0.05) is 5.56 Å². The average Bonchev–Trinajstić information content (AvgIpc) is 2.33. The van der Waals surface area contributed by atoms with Gasteiger partial charge < -0.3 is 5.32 Å². The lowest BCUT2D eigenvalue weighted by Gasteiger charge is -2.17. The Bertz CT molecular complexity index is 511. The SMILES string of the molecule is CNC(c1cccc(F)c1)c1ccccc1F. The van der Waals surface area contributed by atoms with Crippen molar-refractivity contribution in [1.29, 1.82) is 0 Å². The Hall–Kier alpha value is -1.74. The predicted molar refractivity (Wildman–Crippen MR) is 63.7 cm³/mol. The van der Waals surface area contributed by atoms with E-state index in [0.29, 0.717) is 11.1 Å². The van der Waals surface area contributed by atoms with Crippen molar-refractivity contribution in [3.63, 3.8) is 0 Å². The van der Waals surface area contributed by atoms with Crippen molar-refractivity contribution < 1.29 is 8.78 Å². The number of hydrogen-bond acceptors (Lipinski definition) is 1. The highest BCUT2D eigenvalue weighted by Gasteiger charge is 2.15. The van der Waals surface area contributed by atoms with Crippen molar-refractivity contribution in [1.82, 2.24) is 5.32 Å². The molecule has 0 heterocycles. The number of hydrogen-bond donors (Lipinski definition) is 1. The Morgan fingerprint density at radius 3 is 2.41 bits per heavy atom. The first-order valence-electron chi connectivity index (χ1n) is 5.39. The lowest BCUT2D eigenvalue weighted by molar-refractivity contribution is 0.571. The number of nitrogens with one attached hydrogen (secondary N) is 1. The Kier molecular flexibility index (Phi) is 3.49. The van der Waals surface area contributed by atoms with Crippen molar-refractivity contribution >= 4 is 0 Å². The molecule has 0 aliphatic carbocycles. The van der Waals surface area contributed by atoms with Crippen LogP contribution in [0.4, 0.5) is 8.78 Å². The second-order valence-electron chi connectivity index (χ2n) is 3.80. The average molecular weight is 233 g/mol. The van der Waals surface area contributed by atoms with Crippen LogP contribution >= 0.6 is 0 Å². The van der Waals surface area contributed by atoms with Crippen LogP contribution in [0.3, 0.4) is 0 Å². The maximum Gasteiger partial charge on any atom is 0.128 e. The van der Waals surface area contributed by atoms with Crippen molar-refractivity contribution in [2.75, 3.05) is 7.05 Å². The standard InChI is InChI=1S/C14H13F2N/c1-17-14(10-5-4-6-11(15)9-10)12-7-2-3-8-13(12)16/h2-9,14,17H,1H3. The van der Waals surface area contributed by atoms with Gasteiger partial charge in [0.05, 0.1) is 6.04 Å². The monoisotopic (exact) mass is 233 g/mol. The fourth-order valence-corrected chi connectivity index (χ4v) is 1.90. The molecule has 0 aliphatic heterocycles. The van der Waals surface area contributed by atoms with E-state index in [2.05, 4.69) is 5.32 Å². The van der Waals surface area contributed by atoms with Gasteiger partial charge in [-0.3, -0.25) is 0 Å². The van der Waals surface area contributed by atoms with Crippen LogP contribution in [-0.2, 0) is 0 Å². The summed E-state index contributed by atoms with van der Waals surface area (Å²) in [4.78, 5) is 0. The molecule has 0 amide bonds. The Labute approximate surface area is 99.1 Å².